The number of hydrogen-bond donors (Lipinski definition) is 1. The van der Waals surface area contributed by atoms with Crippen LogP contribution in [0.5, 0.6) is 11.5 Å². The fraction of sp³-hybridized carbons (Fsp3) is 0.381. The molecule has 0 saturated carbocycles. The second-order valence-electron chi connectivity index (χ2n) is 13.3. The van der Waals surface area contributed by atoms with Crippen molar-refractivity contribution in [3.8, 4) is 11.5 Å². The minimum atomic E-state index is -0.468. The summed E-state index contributed by atoms with van der Waals surface area (Å²) in [6, 6.07) is 33.1. The molecule has 2 aliphatic rings. The molecule has 1 N–H and O–H groups in total. The second kappa shape index (κ2) is 18.4. The van der Waals surface area contributed by atoms with Gasteiger partial charge in [-0.05, 0) is 59.4 Å². The third-order valence-corrected chi connectivity index (χ3v) is 9.75. The van der Waals surface area contributed by atoms with Gasteiger partial charge >= 0.3 is 6.09 Å². The molecule has 10 nitrogen and oxygen atoms in total. The minimum Gasteiger partial charge on any atom is -0.497 e. The quantitative estimate of drug-likeness (QED) is 0.136. The highest BCUT2D eigenvalue weighted by atomic mass is 16.6. The molecular formula is C42H49N3O7. The van der Waals surface area contributed by atoms with Gasteiger partial charge in [-0.2, -0.15) is 0 Å². The number of likely N-dealkylation sites (tertiary alicyclic amines) is 1. The molecule has 4 aromatic rings. The van der Waals surface area contributed by atoms with Gasteiger partial charge in [0.05, 0.1) is 38.6 Å². The number of methoxy groups -OCH3 is 2. The van der Waals surface area contributed by atoms with Crippen LogP contribution in [0.3, 0.4) is 0 Å². The maximum Gasteiger partial charge on any atom is 0.410 e. The van der Waals surface area contributed by atoms with E-state index < -0.39 is 12.1 Å². The fourth-order valence-electron chi connectivity index (χ4n) is 6.96. The summed E-state index contributed by atoms with van der Waals surface area (Å²) < 4.78 is 29.3. The van der Waals surface area contributed by atoms with Crippen LogP contribution in [-0.4, -0.2) is 76.1 Å². The number of amides is 2. The Morgan fingerprint density at radius 3 is 2.35 bits per heavy atom. The molecule has 274 valence electrons. The van der Waals surface area contributed by atoms with Crippen molar-refractivity contribution >= 4 is 17.7 Å². The first kappa shape index (κ1) is 36.7. The minimum absolute atomic E-state index is 0.0949. The molecular weight excluding hydrogens is 658 g/mol. The van der Waals surface area contributed by atoms with Crippen molar-refractivity contribution in [1.82, 2.24) is 10.2 Å². The van der Waals surface area contributed by atoms with Gasteiger partial charge in [-0.15, -0.1) is 0 Å². The van der Waals surface area contributed by atoms with E-state index in [1.54, 1.807) is 19.1 Å². The molecule has 2 amide bonds. The molecule has 3 atom stereocenters. The average Bonchev–Trinajstić information content (AvgIpc) is 3.19. The maximum absolute atomic E-state index is 13.9. The van der Waals surface area contributed by atoms with E-state index in [1.165, 1.54) is 0 Å². The van der Waals surface area contributed by atoms with Gasteiger partial charge in [0.25, 0.3) is 0 Å². The van der Waals surface area contributed by atoms with Crippen LogP contribution in [-0.2, 0) is 38.8 Å². The van der Waals surface area contributed by atoms with Gasteiger partial charge in [-0.1, -0.05) is 78.9 Å². The summed E-state index contributed by atoms with van der Waals surface area (Å²) in [7, 11) is 3.37. The lowest BCUT2D eigenvalue weighted by atomic mass is 9.82. The number of piperidine rings is 1. The number of ether oxygens (including phenoxy) is 5. The summed E-state index contributed by atoms with van der Waals surface area (Å²) in [5, 5.41) is 3.05. The lowest BCUT2D eigenvalue weighted by Crippen LogP contribution is -2.53. The Morgan fingerprint density at radius 2 is 1.62 bits per heavy atom. The van der Waals surface area contributed by atoms with Gasteiger partial charge in [0.2, 0.25) is 5.91 Å². The number of carbonyl (C=O) groups excluding carboxylic acids is 2. The second-order valence-corrected chi connectivity index (χ2v) is 13.3. The van der Waals surface area contributed by atoms with Crippen LogP contribution in [0.1, 0.15) is 47.4 Å². The monoisotopic (exact) mass is 707 g/mol. The van der Waals surface area contributed by atoms with Gasteiger partial charge in [-0.3, -0.25) is 4.79 Å². The van der Waals surface area contributed by atoms with E-state index in [1.807, 2.05) is 97.1 Å². The summed E-state index contributed by atoms with van der Waals surface area (Å²) >= 11 is 0. The van der Waals surface area contributed by atoms with E-state index in [4.69, 9.17) is 23.7 Å². The van der Waals surface area contributed by atoms with Crippen LogP contribution in [0.4, 0.5) is 10.5 Å². The Labute approximate surface area is 306 Å². The molecule has 1 fully saturated rings. The molecule has 6 rings (SSSR count). The maximum atomic E-state index is 13.9. The Balaban J connectivity index is 1.23. The van der Waals surface area contributed by atoms with Gasteiger partial charge in [-0.25, -0.2) is 4.79 Å². The topological polar surface area (TPSA) is 98.8 Å². The van der Waals surface area contributed by atoms with Crippen molar-refractivity contribution < 1.29 is 33.3 Å². The number of hydrogen-bond acceptors (Lipinski definition) is 8. The number of anilines is 1. The first-order chi connectivity index (χ1) is 25.5. The summed E-state index contributed by atoms with van der Waals surface area (Å²) in [5.41, 5.74) is 5.01. The van der Waals surface area contributed by atoms with Gasteiger partial charge in [0.15, 0.2) is 0 Å². The van der Waals surface area contributed by atoms with Crippen molar-refractivity contribution in [2.75, 3.05) is 52.0 Å². The number of nitrogens with one attached hydrogen (secondary N) is 1. The first-order valence-electron chi connectivity index (χ1n) is 18.0. The van der Waals surface area contributed by atoms with Gasteiger partial charge in [0.1, 0.15) is 24.7 Å². The molecule has 52 heavy (non-hydrogen) atoms. The summed E-state index contributed by atoms with van der Waals surface area (Å²) in [4.78, 5) is 31.3. The van der Waals surface area contributed by atoms with Crippen LogP contribution >= 0.6 is 0 Å². The molecule has 0 aliphatic carbocycles. The van der Waals surface area contributed by atoms with E-state index >= 15 is 0 Å². The number of fused-ring (bicyclic) bond motifs is 1. The summed E-state index contributed by atoms with van der Waals surface area (Å²) in [6.45, 7) is 4.17. The highest BCUT2D eigenvalue weighted by Crippen LogP contribution is 2.38. The highest BCUT2D eigenvalue weighted by Gasteiger charge is 2.41. The van der Waals surface area contributed by atoms with Crippen molar-refractivity contribution in [3.05, 3.63) is 125 Å². The highest BCUT2D eigenvalue weighted by molar-refractivity contribution is 5.78. The van der Waals surface area contributed by atoms with Crippen LogP contribution < -0.4 is 19.7 Å². The molecule has 2 heterocycles. The molecule has 0 spiro atoms. The molecule has 2 aliphatic heterocycles. The molecule has 4 aromatic carbocycles. The van der Waals surface area contributed by atoms with Crippen LogP contribution in [0, 0.1) is 0 Å². The van der Waals surface area contributed by atoms with Crippen LogP contribution in [0.25, 0.3) is 0 Å². The van der Waals surface area contributed by atoms with Crippen molar-refractivity contribution in [1.29, 1.82) is 0 Å². The molecule has 0 radical (unpaired) electrons. The molecule has 1 saturated heterocycles. The summed E-state index contributed by atoms with van der Waals surface area (Å²) in [6.07, 6.45) is 0.734. The lowest BCUT2D eigenvalue weighted by molar-refractivity contribution is -0.123. The number of carbonyl (C=O) groups is 2. The Morgan fingerprint density at radius 1 is 0.865 bits per heavy atom. The third-order valence-electron chi connectivity index (χ3n) is 9.75. The Bertz CT molecular complexity index is 1720. The van der Waals surface area contributed by atoms with Crippen LogP contribution in [0.2, 0.25) is 0 Å². The molecule has 0 bridgehead atoms. The Hall–Kier alpha value is -5.06. The number of rotatable bonds is 15. The van der Waals surface area contributed by atoms with Crippen LogP contribution in [0.15, 0.2) is 103 Å². The largest absolute Gasteiger partial charge is 0.497 e. The zero-order chi connectivity index (χ0) is 36.1. The summed E-state index contributed by atoms with van der Waals surface area (Å²) in [5.74, 6) is 1.39. The lowest BCUT2D eigenvalue weighted by Gasteiger charge is -2.43. The van der Waals surface area contributed by atoms with E-state index in [0.717, 1.165) is 59.0 Å². The number of nitrogens with zero attached hydrogens (tertiary/aromatic N) is 2. The van der Waals surface area contributed by atoms with E-state index in [2.05, 4.69) is 16.3 Å². The molecule has 10 heteroatoms. The van der Waals surface area contributed by atoms with Gasteiger partial charge < -0.3 is 38.8 Å². The number of benzene rings is 4. The van der Waals surface area contributed by atoms with Gasteiger partial charge in [0, 0.05) is 45.2 Å². The standard InChI is InChI=1S/C42H49N3O7/c1-48-22-9-20-44-21-23-50-39-19-14-33(24-38(39)44)30-51-40-28-45(42(47)52-29-32-12-7-4-8-13-32)35(25-37(40)34-15-17-36(49-2)18-16-34)26-41(46)43-27-31-10-5-3-6-11-31/h3-8,10-19,24,35,37,40H,9,20-23,25-30H2,1-2H3,(H,43,46)/t35-,37+,40-/m0/s1. The zero-order valence-electron chi connectivity index (χ0n) is 30.1. The molecule has 0 unspecified atom stereocenters. The van der Waals surface area contributed by atoms with E-state index in [0.29, 0.717) is 32.8 Å². The Kier molecular flexibility index (Phi) is 13.0. The predicted octanol–water partition coefficient (Wildman–Crippen LogP) is 6.72. The first-order valence-corrected chi connectivity index (χ1v) is 18.0. The third kappa shape index (κ3) is 9.83. The fourth-order valence-corrected chi connectivity index (χ4v) is 6.96. The normalized spacial score (nSPS) is 18.2. The van der Waals surface area contributed by atoms with E-state index in [9.17, 15) is 9.59 Å². The van der Waals surface area contributed by atoms with E-state index in [-0.39, 0.29) is 37.5 Å². The van der Waals surface area contributed by atoms with Crippen molar-refractivity contribution in [2.45, 2.75) is 57.1 Å². The molecule has 0 aromatic heterocycles. The van der Waals surface area contributed by atoms with Crippen molar-refractivity contribution in [3.63, 3.8) is 0 Å². The average molecular weight is 708 g/mol. The SMILES string of the molecule is COCCCN1CCOc2ccc(CO[C@H]3CN(C(=O)OCc4ccccc4)[C@H](CC(=O)NCc4ccccc4)C[C@@H]3c3ccc(OC)cc3)cc21. The zero-order valence-corrected chi connectivity index (χ0v) is 30.1. The smallest absolute Gasteiger partial charge is 0.410 e. The predicted molar refractivity (Wildman–Crippen MR) is 200 cm³/mol. The van der Waals surface area contributed by atoms with Crippen molar-refractivity contribution in [2.24, 2.45) is 0 Å².